The van der Waals surface area contributed by atoms with Gasteiger partial charge in [-0.1, -0.05) is 0 Å². The molecular formula is C15H20N2O6. The van der Waals surface area contributed by atoms with Crippen molar-refractivity contribution in [2.24, 2.45) is 5.92 Å². The van der Waals surface area contributed by atoms with Crippen molar-refractivity contribution in [3.63, 3.8) is 0 Å². The van der Waals surface area contributed by atoms with Crippen LogP contribution in [0.3, 0.4) is 0 Å². The molecule has 3 N–H and O–H groups in total. The Morgan fingerprint density at radius 1 is 1.35 bits per heavy atom. The molecule has 1 fully saturated rings. The Morgan fingerprint density at radius 2 is 2.13 bits per heavy atom. The van der Waals surface area contributed by atoms with Gasteiger partial charge in [0.2, 0.25) is 5.91 Å². The van der Waals surface area contributed by atoms with E-state index in [4.69, 9.17) is 9.15 Å². The first-order valence-corrected chi connectivity index (χ1v) is 7.44. The summed E-state index contributed by atoms with van der Waals surface area (Å²) in [5, 5.41) is 14.2. The summed E-state index contributed by atoms with van der Waals surface area (Å²) in [6, 6.07) is 1.10. The standard InChI is InChI=1S/C15H20N2O6/c1-9(16-14(19)11-5-3-7-23-11)13(18)17-12(15(20)21)10-4-2-6-22-8-10/h3,5,7,9-10,12H,2,4,6,8H2,1H3,(H,16,19)(H,17,18)(H,20,21). The minimum absolute atomic E-state index is 0.0834. The number of nitrogens with one attached hydrogen (secondary N) is 2. The van der Waals surface area contributed by atoms with Crippen LogP contribution in [0.25, 0.3) is 0 Å². The zero-order valence-electron chi connectivity index (χ0n) is 12.8. The number of carboxylic acids is 1. The third-order valence-electron chi connectivity index (χ3n) is 3.72. The van der Waals surface area contributed by atoms with Crippen molar-refractivity contribution in [2.75, 3.05) is 13.2 Å². The first-order valence-electron chi connectivity index (χ1n) is 7.44. The van der Waals surface area contributed by atoms with Gasteiger partial charge >= 0.3 is 5.97 Å². The molecule has 1 saturated heterocycles. The largest absolute Gasteiger partial charge is 0.480 e. The SMILES string of the molecule is CC(NC(=O)c1ccco1)C(=O)NC(C(=O)O)C1CCCOC1. The normalized spacial score (nSPS) is 20.3. The smallest absolute Gasteiger partial charge is 0.326 e. The summed E-state index contributed by atoms with van der Waals surface area (Å²) in [4.78, 5) is 35.4. The molecule has 0 aromatic carbocycles. The summed E-state index contributed by atoms with van der Waals surface area (Å²) >= 11 is 0. The molecule has 0 radical (unpaired) electrons. The van der Waals surface area contributed by atoms with Crippen molar-refractivity contribution in [1.29, 1.82) is 0 Å². The lowest BCUT2D eigenvalue weighted by atomic mass is 9.93. The van der Waals surface area contributed by atoms with E-state index in [2.05, 4.69) is 10.6 Å². The van der Waals surface area contributed by atoms with Gasteiger partial charge in [0.1, 0.15) is 12.1 Å². The van der Waals surface area contributed by atoms with Crippen LogP contribution in [-0.4, -0.2) is 48.2 Å². The molecule has 0 bridgehead atoms. The Morgan fingerprint density at radius 3 is 2.70 bits per heavy atom. The van der Waals surface area contributed by atoms with Gasteiger partial charge in [-0.2, -0.15) is 0 Å². The first kappa shape index (κ1) is 17.0. The molecule has 1 aromatic heterocycles. The van der Waals surface area contributed by atoms with Crippen molar-refractivity contribution in [3.05, 3.63) is 24.2 Å². The van der Waals surface area contributed by atoms with E-state index in [1.54, 1.807) is 6.07 Å². The molecule has 0 spiro atoms. The zero-order chi connectivity index (χ0) is 16.8. The van der Waals surface area contributed by atoms with Gasteiger partial charge in [-0.25, -0.2) is 4.79 Å². The summed E-state index contributed by atoms with van der Waals surface area (Å²) in [6.45, 7) is 2.38. The second kappa shape index (κ2) is 7.77. The molecule has 2 amide bonds. The summed E-state index contributed by atoms with van der Waals surface area (Å²) in [6.07, 6.45) is 2.78. The molecule has 3 atom stereocenters. The van der Waals surface area contributed by atoms with E-state index >= 15 is 0 Å². The first-order chi connectivity index (χ1) is 11.0. The quantitative estimate of drug-likeness (QED) is 0.697. The Kier molecular flexibility index (Phi) is 5.75. The predicted octanol–water partition coefficient (Wildman–Crippen LogP) is 0.394. The molecular weight excluding hydrogens is 304 g/mol. The molecule has 2 heterocycles. The van der Waals surface area contributed by atoms with Crippen LogP contribution in [0.1, 0.15) is 30.3 Å². The van der Waals surface area contributed by atoms with E-state index in [9.17, 15) is 19.5 Å². The lowest BCUT2D eigenvalue weighted by molar-refractivity contribution is -0.145. The molecule has 0 saturated carbocycles. The van der Waals surface area contributed by atoms with Crippen LogP contribution in [0, 0.1) is 5.92 Å². The minimum atomic E-state index is -1.11. The van der Waals surface area contributed by atoms with Crippen molar-refractivity contribution in [3.8, 4) is 0 Å². The van der Waals surface area contributed by atoms with Gasteiger partial charge < -0.3 is 24.9 Å². The van der Waals surface area contributed by atoms with Crippen LogP contribution in [0.4, 0.5) is 0 Å². The molecule has 1 aliphatic heterocycles. The fourth-order valence-electron chi connectivity index (χ4n) is 2.43. The number of amides is 2. The van der Waals surface area contributed by atoms with E-state index in [0.717, 1.165) is 6.42 Å². The molecule has 0 aliphatic carbocycles. The molecule has 8 heteroatoms. The van der Waals surface area contributed by atoms with Crippen LogP contribution in [-0.2, 0) is 14.3 Å². The molecule has 1 aromatic rings. The second-order valence-electron chi connectivity index (χ2n) is 5.47. The van der Waals surface area contributed by atoms with E-state index in [1.807, 2.05) is 0 Å². The number of rotatable bonds is 6. The zero-order valence-corrected chi connectivity index (χ0v) is 12.8. The molecule has 2 rings (SSSR count). The highest BCUT2D eigenvalue weighted by atomic mass is 16.5. The Hall–Kier alpha value is -2.35. The van der Waals surface area contributed by atoms with Crippen molar-refractivity contribution < 1.29 is 28.6 Å². The summed E-state index contributed by atoms with van der Waals surface area (Å²) in [5.74, 6) is -2.41. The number of aliphatic carboxylic acids is 1. The Balaban J connectivity index is 1.92. The van der Waals surface area contributed by atoms with E-state index in [1.165, 1.54) is 19.3 Å². The molecule has 3 unspecified atom stereocenters. The van der Waals surface area contributed by atoms with E-state index in [0.29, 0.717) is 19.6 Å². The average molecular weight is 324 g/mol. The van der Waals surface area contributed by atoms with Gasteiger partial charge in [0.05, 0.1) is 12.9 Å². The second-order valence-corrected chi connectivity index (χ2v) is 5.47. The van der Waals surface area contributed by atoms with Crippen LogP contribution < -0.4 is 10.6 Å². The van der Waals surface area contributed by atoms with Gasteiger partial charge in [0, 0.05) is 12.5 Å². The lowest BCUT2D eigenvalue weighted by Crippen LogP contribution is -2.54. The third kappa shape index (κ3) is 4.56. The summed E-state index contributed by atoms with van der Waals surface area (Å²) in [7, 11) is 0. The van der Waals surface area contributed by atoms with E-state index in [-0.39, 0.29) is 11.7 Å². The lowest BCUT2D eigenvalue weighted by Gasteiger charge is -2.28. The highest BCUT2D eigenvalue weighted by Crippen LogP contribution is 2.18. The number of furan rings is 1. The number of ether oxygens (including phenoxy) is 1. The van der Waals surface area contributed by atoms with Crippen molar-refractivity contribution in [1.82, 2.24) is 10.6 Å². The fraction of sp³-hybridized carbons (Fsp3) is 0.533. The van der Waals surface area contributed by atoms with E-state index < -0.39 is 29.9 Å². The predicted molar refractivity (Wildman–Crippen MR) is 78.7 cm³/mol. The topological polar surface area (TPSA) is 118 Å². The minimum Gasteiger partial charge on any atom is -0.480 e. The van der Waals surface area contributed by atoms with Crippen LogP contribution in [0.2, 0.25) is 0 Å². The van der Waals surface area contributed by atoms with Gasteiger partial charge in [0.15, 0.2) is 5.76 Å². The van der Waals surface area contributed by atoms with Crippen LogP contribution in [0.15, 0.2) is 22.8 Å². The van der Waals surface area contributed by atoms with Gasteiger partial charge in [-0.05, 0) is 31.9 Å². The third-order valence-corrected chi connectivity index (χ3v) is 3.72. The molecule has 23 heavy (non-hydrogen) atoms. The monoisotopic (exact) mass is 324 g/mol. The molecule has 8 nitrogen and oxygen atoms in total. The highest BCUT2D eigenvalue weighted by molar-refractivity contribution is 5.96. The number of carbonyl (C=O) groups is 3. The van der Waals surface area contributed by atoms with Crippen LogP contribution >= 0.6 is 0 Å². The number of hydrogen-bond acceptors (Lipinski definition) is 5. The summed E-state index contributed by atoms with van der Waals surface area (Å²) in [5.41, 5.74) is 0. The summed E-state index contributed by atoms with van der Waals surface area (Å²) < 4.78 is 10.2. The number of carboxylic acid groups (broad SMARTS) is 1. The van der Waals surface area contributed by atoms with Gasteiger partial charge in [-0.15, -0.1) is 0 Å². The van der Waals surface area contributed by atoms with Gasteiger partial charge in [-0.3, -0.25) is 9.59 Å². The highest BCUT2D eigenvalue weighted by Gasteiger charge is 2.32. The molecule has 126 valence electrons. The Labute approximate surface area is 133 Å². The maximum atomic E-state index is 12.1. The van der Waals surface area contributed by atoms with Crippen LogP contribution in [0.5, 0.6) is 0 Å². The fourth-order valence-corrected chi connectivity index (χ4v) is 2.43. The van der Waals surface area contributed by atoms with Crippen molar-refractivity contribution >= 4 is 17.8 Å². The average Bonchev–Trinajstić information content (AvgIpc) is 3.07. The van der Waals surface area contributed by atoms with Crippen molar-refractivity contribution in [2.45, 2.75) is 31.8 Å². The Bertz CT molecular complexity index is 550. The maximum absolute atomic E-state index is 12.1. The van der Waals surface area contributed by atoms with Gasteiger partial charge in [0.25, 0.3) is 5.91 Å². The molecule has 1 aliphatic rings. The number of hydrogen-bond donors (Lipinski definition) is 3. The number of carbonyl (C=O) groups excluding carboxylic acids is 2. The maximum Gasteiger partial charge on any atom is 0.326 e.